The number of carbonyl (C=O) groups is 1. The van der Waals surface area contributed by atoms with Gasteiger partial charge in [0.2, 0.25) is 0 Å². The van der Waals surface area contributed by atoms with E-state index >= 15 is 0 Å². The van der Waals surface area contributed by atoms with Gasteiger partial charge in [-0.3, -0.25) is 0 Å². The van der Waals surface area contributed by atoms with Gasteiger partial charge in [0, 0.05) is 17.9 Å². The van der Waals surface area contributed by atoms with Crippen molar-refractivity contribution in [3.8, 4) is 5.75 Å². The summed E-state index contributed by atoms with van der Waals surface area (Å²) in [5.41, 5.74) is 8.82. The highest BCUT2D eigenvalue weighted by Gasteiger charge is 2.14. The summed E-state index contributed by atoms with van der Waals surface area (Å²) in [5.74, 6) is 0.487. The number of rotatable bonds is 6. The lowest BCUT2D eigenvalue weighted by atomic mass is 10.0. The van der Waals surface area contributed by atoms with Crippen LogP contribution in [0.5, 0.6) is 5.75 Å². The van der Waals surface area contributed by atoms with E-state index in [9.17, 15) is 4.79 Å². The summed E-state index contributed by atoms with van der Waals surface area (Å²) in [7, 11) is 1.56. The molecule has 3 aromatic rings. The molecule has 0 radical (unpaired) electrons. The molecule has 0 fully saturated rings. The second kappa shape index (κ2) is 9.11. The summed E-state index contributed by atoms with van der Waals surface area (Å²) >= 11 is 12.5. The Balaban J connectivity index is 2.08. The number of nitrogen functional groups attached to an aromatic ring is 1. The third-order valence-electron chi connectivity index (χ3n) is 4.19. The Morgan fingerprint density at radius 1 is 1.17 bits per heavy atom. The lowest BCUT2D eigenvalue weighted by Crippen LogP contribution is -2.03. The molecule has 29 heavy (non-hydrogen) atoms. The second-order valence-corrected chi connectivity index (χ2v) is 6.93. The molecule has 0 spiro atoms. The maximum atomic E-state index is 11.6. The summed E-state index contributed by atoms with van der Waals surface area (Å²) in [5, 5.41) is 1.58. The number of halogens is 2. The Morgan fingerprint density at radius 3 is 2.66 bits per heavy atom. The van der Waals surface area contributed by atoms with Crippen molar-refractivity contribution in [2.24, 2.45) is 0 Å². The van der Waals surface area contributed by atoms with E-state index in [1.54, 1.807) is 32.2 Å². The molecule has 0 bridgehead atoms. The fraction of sp³-hybridized carbons (Fsp3) is 0.190. The van der Waals surface area contributed by atoms with Gasteiger partial charge in [-0.2, -0.15) is 0 Å². The maximum Gasteiger partial charge on any atom is 0.330 e. The number of hydrogen-bond acceptors (Lipinski definition) is 6. The van der Waals surface area contributed by atoms with Gasteiger partial charge in [-0.1, -0.05) is 29.3 Å². The largest absolute Gasteiger partial charge is 0.495 e. The predicted molar refractivity (Wildman–Crippen MR) is 115 cm³/mol. The van der Waals surface area contributed by atoms with Gasteiger partial charge in [-0.15, -0.1) is 0 Å². The SMILES string of the molecule is CCOC(=O)C=Cc1nc(Cc2ccc(OC)c(Cl)c2)c2c(N)c(Cl)ccc2n1. The summed E-state index contributed by atoms with van der Waals surface area (Å²) in [6.07, 6.45) is 3.23. The molecule has 0 unspecified atom stereocenters. The van der Waals surface area contributed by atoms with Gasteiger partial charge in [-0.25, -0.2) is 14.8 Å². The third kappa shape index (κ3) is 4.78. The average Bonchev–Trinajstić information content (AvgIpc) is 2.69. The number of fused-ring (bicyclic) bond motifs is 1. The first-order valence-corrected chi connectivity index (χ1v) is 9.60. The Hall–Kier alpha value is -2.83. The van der Waals surface area contributed by atoms with E-state index in [0.29, 0.717) is 56.9 Å². The lowest BCUT2D eigenvalue weighted by molar-refractivity contribution is -0.137. The van der Waals surface area contributed by atoms with E-state index in [1.165, 1.54) is 12.2 Å². The first-order valence-electron chi connectivity index (χ1n) is 8.84. The van der Waals surface area contributed by atoms with E-state index in [4.69, 9.17) is 38.4 Å². The Morgan fingerprint density at radius 2 is 1.97 bits per heavy atom. The highest BCUT2D eigenvalue weighted by atomic mass is 35.5. The molecule has 6 nitrogen and oxygen atoms in total. The minimum Gasteiger partial charge on any atom is -0.495 e. The monoisotopic (exact) mass is 431 g/mol. The number of carbonyl (C=O) groups excluding carboxylic acids is 1. The van der Waals surface area contributed by atoms with Gasteiger partial charge in [0.25, 0.3) is 0 Å². The van der Waals surface area contributed by atoms with Crippen LogP contribution in [0.25, 0.3) is 17.0 Å². The third-order valence-corrected chi connectivity index (χ3v) is 4.81. The first-order chi connectivity index (χ1) is 13.9. The Labute approximate surface area is 178 Å². The molecule has 0 amide bonds. The molecule has 0 saturated carbocycles. The smallest absolute Gasteiger partial charge is 0.330 e. The number of methoxy groups -OCH3 is 1. The standard InChI is InChI=1S/C21H19Cl2N3O3/c1-3-29-19(27)9-8-18-25-15-6-5-13(22)21(24)20(15)16(26-18)11-12-4-7-17(28-2)14(23)10-12/h4-10H,3,11,24H2,1-2H3. The average molecular weight is 432 g/mol. The fourth-order valence-corrected chi connectivity index (χ4v) is 3.31. The fourth-order valence-electron chi connectivity index (χ4n) is 2.87. The number of anilines is 1. The van der Waals surface area contributed by atoms with Crippen molar-refractivity contribution in [3.05, 3.63) is 63.5 Å². The molecule has 0 atom stereocenters. The van der Waals surface area contributed by atoms with Crippen LogP contribution in [-0.4, -0.2) is 29.7 Å². The summed E-state index contributed by atoms with van der Waals surface area (Å²) in [6.45, 7) is 2.03. The molecular formula is C21H19Cl2N3O3. The number of esters is 1. The van der Waals surface area contributed by atoms with E-state index in [0.717, 1.165) is 5.56 Å². The van der Waals surface area contributed by atoms with E-state index in [-0.39, 0.29) is 0 Å². The van der Waals surface area contributed by atoms with Crippen molar-refractivity contribution in [3.63, 3.8) is 0 Å². The van der Waals surface area contributed by atoms with Gasteiger partial charge < -0.3 is 15.2 Å². The highest BCUT2D eigenvalue weighted by molar-refractivity contribution is 6.34. The molecule has 1 heterocycles. The minimum atomic E-state index is -0.463. The summed E-state index contributed by atoms with van der Waals surface area (Å²) in [6, 6.07) is 8.94. The second-order valence-electron chi connectivity index (χ2n) is 6.11. The molecular weight excluding hydrogens is 413 g/mol. The summed E-state index contributed by atoms with van der Waals surface area (Å²) < 4.78 is 10.1. The van der Waals surface area contributed by atoms with Crippen molar-refractivity contribution in [1.82, 2.24) is 9.97 Å². The van der Waals surface area contributed by atoms with Crippen LogP contribution in [-0.2, 0) is 16.0 Å². The highest BCUT2D eigenvalue weighted by Crippen LogP contribution is 2.32. The zero-order valence-corrected chi connectivity index (χ0v) is 17.4. The van der Waals surface area contributed by atoms with Crippen LogP contribution in [0.1, 0.15) is 24.0 Å². The zero-order chi connectivity index (χ0) is 21.0. The van der Waals surface area contributed by atoms with Gasteiger partial charge in [0.05, 0.1) is 40.7 Å². The van der Waals surface area contributed by atoms with Crippen LogP contribution in [0.15, 0.2) is 36.4 Å². The molecule has 0 aliphatic carbocycles. The molecule has 1 aromatic heterocycles. The molecule has 150 valence electrons. The molecule has 0 aliphatic rings. The van der Waals surface area contributed by atoms with E-state index < -0.39 is 5.97 Å². The topological polar surface area (TPSA) is 87.3 Å². The van der Waals surface area contributed by atoms with Crippen molar-refractivity contribution in [1.29, 1.82) is 0 Å². The number of nitrogens with two attached hydrogens (primary N) is 1. The number of benzene rings is 2. The number of ether oxygens (including phenoxy) is 2. The van der Waals surface area contributed by atoms with Crippen LogP contribution in [0.2, 0.25) is 10.0 Å². The number of hydrogen-bond donors (Lipinski definition) is 1. The first kappa shape index (κ1) is 20.9. The normalized spacial score (nSPS) is 11.2. The van der Waals surface area contributed by atoms with E-state index in [1.807, 2.05) is 12.1 Å². The molecule has 0 aliphatic heterocycles. The van der Waals surface area contributed by atoms with Crippen LogP contribution in [0.3, 0.4) is 0 Å². The molecule has 0 saturated heterocycles. The van der Waals surface area contributed by atoms with Gasteiger partial charge in [0.15, 0.2) is 5.82 Å². The molecule has 2 aromatic carbocycles. The van der Waals surface area contributed by atoms with Crippen LogP contribution in [0.4, 0.5) is 5.69 Å². The number of aromatic nitrogens is 2. The van der Waals surface area contributed by atoms with Crippen LogP contribution in [0, 0.1) is 0 Å². The molecule has 3 rings (SSSR count). The lowest BCUT2D eigenvalue weighted by Gasteiger charge is -2.11. The Kier molecular flexibility index (Phi) is 6.56. The van der Waals surface area contributed by atoms with Crippen molar-refractivity contribution < 1.29 is 14.3 Å². The quantitative estimate of drug-likeness (QED) is 0.345. The van der Waals surface area contributed by atoms with Crippen LogP contribution < -0.4 is 10.5 Å². The van der Waals surface area contributed by atoms with Crippen molar-refractivity contribution in [2.45, 2.75) is 13.3 Å². The minimum absolute atomic E-state index is 0.292. The predicted octanol–water partition coefficient (Wildman–Crippen LogP) is 4.69. The Bertz CT molecular complexity index is 1100. The molecule has 8 heteroatoms. The van der Waals surface area contributed by atoms with Crippen molar-refractivity contribution >= 4 is 51.8 Å². The zero-order valence-electron chi connectivity index (χ0n) is 15.9. The van der Waals surface area contributed by atoms with Gasteiger partial charge in [-0.05, 0) is 42.8 Å². The molecule has 2 N–H and O–H groups in total. The summed E-state index contributed by atoms with van der Waals surface area (Å²) in [4.78, 5) is 20.7. The number of nitrogens with zero attached hydrogens (tertiary/aromatic N) is 2. The van der Waals surface area contributed by atoms with Crippen LogP contribution >= 0.6 is 23.2 Å². The van der Waals surface area contributed by atoms with Gasteiger partial charge in [0.1, 0.15) is 5.75 Å². The van der Waals surface area contributed by atoms with Crippen molar-refractivity contribution in [2.75, 3.05) is 19.5 Å². The van der Waals surface area contributed by atoms with Gasteiger partial charge >= 0.3 is 5.97 Å². The maximum absolute atomic E-state index is 11.6. The van der Waals surface area contributed by atoms with E-state index in [2.05, 4.69) is 9.97 Å².